The van der Waals surface area contributed by atoms with Crippen LogP contribution in [0.4, 0.5) is 0 Å². The molecule has 2 rings (SSSR count). The quantitative estimate of drug-likeness (QED) is 0.723. The van der Waals surface area contributed by atoms with Crippen molar-refractivity contribution < 1.29 is 4.79 Å². The van der Waals surface area contributed by atoms with Crippen molar-refractivity contribution >= 4 is 12.0 Å². The summed E-state index contributed by atoms with van der Waals surface area (Å²) in [5.74, 6) is 0.0815. The normalized spacial score (nSPS) is 12.6. The van der Waals surface area contributed by atoms with E-state index in [1.807, 2.05) is 79.8 Å². The van der Waals surface area contributed by atoms with Crippen molar-refractivity contribution in [3.8, 4) is 0 Å². The zero-order chi connectivity index (χ0) is 16.3. The number of hydrogen-bond donors (Lipinski definition) is 1. The van der Waals surface area contributed by atoms with E-state index < -0.39 is 0 Å². The van der Waals surface area contributed by atoms with Gasteiger partial charge < -0.3 is 5.32 Å². The standard InChI is InChI=1S/C21H23NO/c1-18(20-15-9-5-10-16-20)22-21(23)17-11-3-2-6-12-19-13-7-4-8-14-19/h2-10,12-16,18H,11,17H2,1H3,(H,22,23)/b3-2+,12-6+. The van der Waals surface area contributed by atoms with Gasteiger partial charge in [0.25, 0.3) is 0 Å². The first kappa shape index (κ1) is 16.8. The van der Waals surface area contributed by atoms with Crippen LogP contribution in [0.15, 0.2) is 78.9 Å². The number of hydrogen-bond acceptors (Lipinski definition) is 1. The Morgan fingerprint density at radius 3 is 2.35 bits per heavy atom. The van der Waals surface area contributed by atoms with Crippen LogP contribution in [-0.2, 0) is 4.79 Å². The third kappa shape index (κ3) is 6.35. The SMILES string of the molecule is CC(NC(=O)CC/C=C/C=C/c1ccccc1)c1ccccc1. The Morgan fingerprint density at radius 1 is 1.00 bits per heavy atom. The van der Waals surface area contributed by atoms with E-state index in [-0.39, 0.29) is 11.9 Å². The van der Waals surface area contributed by atoms with Crippen molar-refractivity contribution in [1.29, 1.82) is 0 Å². The van der Waals surface area contributed by atoms with E-state index in [1.165, 1.54) is 5.56 Å². The van der Waals surface area contributed by atoms with Crippen LogP contribution in [0, 0.1) is 0 Å². The molecule has 0 aliphatic heterocycles. The molecular formula is C21H23NO. The van der Waals surface area contributed by atoms with Crippen LogP contribution < -0.4 is 5.32 Å². The van der Waals surface area contributed by atoms with Gasteiger partial charge in [0.1, 0.15) is 0 Å². The number of benzene rings is 2. The summed E-state index contributed by atoms with van der Waals surface area (Å²) in [5, 5.41) is 3.02. The van der Waals surface area contributed by atoms with Crippen LogP contribution in [0.5, 0.6) is 0 Å². The summed E-state index contributed by atoms with van der Waals surface area (Å²) in [7, 11) is 0. The Hall–Kier alpha value is -2.61. The van der Waals surface area contributed by atoms with E-state index >= 15 is 0 Å². The van der Waals surface area contributed by atoms with Gasteiger partial charge in [0.15, 0.2) is 0 Å². The molecule has 1 N–H and O–H groups in total. The van der Waals surface area contributed by atoms with Crippen LogP contribution in [0.3, 0.4) is 0 Å². The lowest BCUT2D eigenvalue weighted by Gasteiger charge is -2.13. The van der Waals surface area contributed by atoms with Gasteiger partial charge in [-0.3, -0.25) is 4.79 Å². The van der Waals surface area contributed by atoms with Gasteiger partial charge in [0.05, 0.1) is 6.04 Å². The predicted molar refractivity (Wildman–Crippen MR) is 96.8 cm³/mol. The molecule has 2 nitrogen and oxygen atoms in total. The fourth-order valence-electron chi connectivity index (χ4n) is 2.26. The maximum Gasteiger partial charge on any atom is 0.220 e. The fourth-order valence-corrected chi connectivity index (χ4v) is 2.26. The van der Waals surface area contributed by atoms with Gasteiger partial charge in [-0.15, -0.1) is 0 Å². The smallest absolute Gasteiger partial charge is 0.220 e. The summed E-state index contributed by atoms with van der Waals surface area (Å²) >= 11 is 0. The zero-order valence-corrected chi connectivity index (χ0v) is 13.5. The highest BCUT2D eigenvalue weighted by Crippen LogP contribution is 2.11. The van der Waals surface area contributed by atoms with E-state index in [0.29, 0.717) is 6.42 Å². The zero-order valence-electron chi connectivity index (χ0n) is 13.5. The molecule has 0 saturated carbocycles. The Balaban J connectivity index is 1.68. The van der Waals surface area contributed by atoms with Gasteiger partial charge >= 0.3 is 0 Å². The Bertz CT molecular complexity index is 644. The molecule has 23 heavy (non-hydrogen) atoms. The van der Waals surface area contributed by atoms with E-state index in [9.17, 15) is 4.79 Å². The lowest BCUT2D eigenvalue weighted by Crippen LogP contribution is -2.26. The molecule has 1 atom stereocenters. The summed E-state index contributed by atoms with van der Waals surface area (Å²) in [6, 6.07) is 20.2. The van der Waals surface area contributed by atoms with Crippen LogP contribution in [0.2, 0.25) is 0 Å². The number of rotatable bonds is 7. The lowest BCUT2D eigenvalue weighted by molar-refractivity contribution is -0.121. The second-order valence-electron chi connectivity index (χ2n) is 5.44. The molecule has 0 heterocycles. The molecule has 1 unspecified atom stereocenters. The Labute approximate surface area is 138 Å². The summed E-state index contributed by atoms with van der Waals surface area (Å²) in [5.41, 5.74) is 2.30. The first-order chi connectivity index (χ1) is 11.3. The molecule has 0 spiro atoms. The molecule has 0 fully saturated rings. The molecule has 0 saturated heterocycles. The molecule has 0 aliphatic rings. The van der Waals surface area contributed by atoms with Gasteiger partial charge in [-0.1, -0.05) is 85.0 Å². The summed E-state index contributed by atoms with van der Waals surface area (Å²) < 4.78 is 0. The molecular weight excluding hydrogens is 282 g/mol. The van der Waals surface area contributed by atoms with E-state index in [2.05, 4.69) is 17.4 Å². The van der Waals surface area contributed by atoms with Gasteiger partial charge in [-0.25, -0.2) is 0 Å². The van der Waals surface area contributed by atoms with Crippen LogP contribution in [0.1, 0.15) is 36.9 Å². The van der Waals surface area contributed by atoms with Crippen molar-refractivity contribution in [2.24, 2.45) is 0 Å². The predicted octanol–water partition coefficient (Wildman–Crippen LogP) is 4.91. The monoisotopic (exact) mass is 305 g/mol. The number of amides is 1. The molecule has 2 aromatic rings. The van der Waals surface area contributed by atoms with Gasteiger partial charge in [-0.05, 0) is 24.5 Å². The van der Waals surface area contributed by atoms with Crippen molar-refractivity contribution in [3.63, 3.8) is 0 Å². The topological polar surface area (TPSA) is 29.1 Å². The van der Waals surface area contributed by atoms with E-state index in [4.69, 9.17) is 0 Å². The van der Waals surface area contributed by atoms with Crippen molar-refractivity contribution in [2.45, 2.75) is 25.8 Å². The highest BCUT2D eigenvalue weighted by molar-refractivity contribution is 5.76. The highest BCUT2D eigenvalue weighted by Gasteiger charge is 2.07. The van der Waals surface area contributed by atoms with Crippen molar-refractivity contribution in [2.75, 3.05) is 0 Å². The number of carbonyl (C=O) groups excluding carboxylic acids is 1. The average molecular weight is 305 g/mol. The molecule has 2 heteroatoms. The molecule has 0 aromatic heterocycles. The van der Waals surface area contributed by atoms with Crippen LogP contribution in [0.25, 0.3) is 6.08 Å². The summed E-state index contributed by atoms with van der Waals surface area (Å²) in [6.45, 7) is 2.01. The molecule has 2 aromatic carbocycles. The first-order valence-corrected chi connectivity index (χ1v) is 7.98. The average Bonchev–Trinajstić information content (AvgIpc) is 2.59. The largest absolute Gasteiger partial charge is 0.350 e. The van der Waals surface area contributed by atoms with Crippen LogP contribution >= 0.6 is 0 Å². The number of carbonyl (C=O) groups is 1. The fraction of sp³-hybridized carbons (Fsp3) is 0.190. The van der Waals surface area contributed by atoms with E-state index in [0.717, 1.165) is 12.0 Å². The molecule has 0 aliphatic carbocycles. The van der Waals surface area contributed by atoms with Crippen LogP contribution in [-0.4, -0.2) is 5.91 Å². The van der Waals surface area contributed by atoms with Gasteiger partial charge in [-0.2, -0.15) is 0 Å². The minimum atomic E-state index is 0.0469. The van der Waals surface area contributed by atoms with Crippen molar-refractivity contribution in [3.05, 3.63) is 90.0 Å². The maximum absolute atomic E-state index is 11.9. The Kier molecular flexibility index (Phi) is 6.86. The summed E-state index contributed by atoms with van der Waals surface area (Å²) in [4.78, 5) is 11.9. The highest BCUT2D eigenvalue weighted by atomic mass is 16.1. The second kappa shape index (κ2) is 9.42. The summed E-state index contributed by atoms with van der Waals surface area (Å²) in [6.07, 6.45) is 9.31. The first-order valence-electron chi connectivity index (χ1n) is 7.98. The third-order valence-electron chi connectivity index (χ3n) is 3.55. The molecule has 0 bridgehead atoms. The molecule has 0 radical (unpaired) electrons. The van der Waals surface area contributed by atoms with Crippen molar-refractivity contribution in [1.82, 2.24) is 5.32 Å². The minimum Gasteiger partial charge on any atom is -0.350 e. The Morgan fingerprint density at radius 2 is 1.65 bits per heavy atom. The number of nitrogens with one attached hydrogen (secondary N) is 1. The van der Waals surface area contributed by atoms with Gasteiger partial charge in [0.2, 0.25) is 5.91 Å². The number of allylic oxidation sites excluding steroid dienone is 3. The third-order valence-corrected chi connectivity index (χ3v) is 3.55. The lowest BCUT2D eigenvalue weighted by atomic mass is 10.1. The molecule has 118 valence electrons. The minimum absolute atomic E-state index is 0.0469. The maximum atomic E-state index is 11.9. The van der Waals surface area contributed by atoms with E-state index in [1.54, 1.807) is 0 Å². The van der Waals surface area contributed by atoms with Gasteiger partial charge in [0, 0.05) is 6.42 Å². The second-order valence-corrected chi connectivity index (χ2v) is 5.44. The molecule has 1 amide bonds.